The van der Waals surface area contributed by atoms with Crippen molar-refractivity contribution >= 4 is 0 Å². The number of benzene rings is 1. The molecule has 0 saturated carbocycles. The highest BCUT2D eigenvalue weighted by Crippen LogP contribution is 2.08. The van der Waals surface area contributed by atoms with Gasteiger partial charge in [-0.1, -0.05) is 18.2 Å². The third-order valence-corrected chi connectivity index (χ3v) is 2.57. The van der Waals surface area contributed by atoms with E-state index in [0.717, 1.165) is 5.56 Å². The normalized spacial score (nSPS) is 10.4. The Morgan fingerprint density at radius 2 is 1.50 bits per heavy atom. The van der Waals surface area contributed by atoms with E-state index < -0.39 is 0 Å². The summed E-state index contributed by atoms with van der Waals surface area (Å²) in [6.07, 6.45) is 0. The summed E-state index contributed by atoms with van der Waals surface area (Å²) in [6, 6.07) is 9.56. The molecule has 1 aromatic rings. The average Bonchev–Trinajstić information content (AvgIpc) is 2.49. The largest absolute Gasteiger partial charge is 0.382 e. The number of nitriles is 1. The highest BCUT2D eigenvalue weighted by molar-refractivity contribution is 5.36. The Labute approximate surface area is 120 Å². The van der Waals surface area contributed by atoms with E-state index in [9.17, 15) is 0 Å². The molecule has 20 heavy (non-hydrogen) atoms. The van der Waals surface area contributed by atoms with Gasteiger partial charge in [0.15, 0.2) is 0 Å². The van der Waals surface area contributed by atoms with E-state index in [-0.39, 0.29) is 0 Å². The van der Waals surface area contributed by atoms with Gasteiger partial charge in [0.05, 0.1) is 57.9 Å². The van der Waals surface area contributed by atoms with Crippen LogP contribution in [0.4, 0.5) is 0 Å². The van der Waals surface area contributed by atoms with Crippen LogP contribution in [0, 0.1) is 11.3 Å². The molecule has 0 aromatic heterocycles. The highest BCUT2D eigenvalue weighted by Gasteiger charge is 2.00. The van der Waals surface area contributed by atoms with Crippen LogP contribution >= 0.6 is 0 Å². The summed E-state index contributed by atoms with van der Waals surface area (Å²) in [5, 5.41) is 8.93. The van der Waals surface area contributed by atoms with Crippen molar-refractivity contribution in [3.05, 3.63) is 35.4 Å². The summed E-state index contributed by atoms with van der Waals surface area (Å²) in [5.41, 5.74) is 1.55. The minimum Gasteiger partial charge on any atom is -0.382 e. The lowest BCUT2D eigenvalue weighted by Gasteiger charge is -2.07. The molecule has 0 heterocycles. The number of ether oxygens (including phenoxy) is 4. The number of hydrogen-bond acceptors (Lipinski definition) is 5. The first-order chi connectivity index (χ1) is 9.88. The predicted octanol–water partition coefficient (Wildman–Crippen LogP) is 1.75. The molecule has 0 amide bonds. The quantitative estimate of drug-likeness (QED) is 0.578. The highest BCUT2D eigenvalue weighted by atomic mass is 16.6. The van der Waals surface area contributed by atoms with Crippen LogP contribution in [0.2, 0.25) is 0 Å². The second kappa shape index (κ2) is 11.4. The molecule has 0 radical (unpaired) electrons. The SMILES string of the molecule is COCCOCCOCCOCc1ccccc1C#N. The molecule has 0 N–H and O–H groups in total. The Hall–Kier alpha value is -1.45. The third kappa shape index (κ3) is 7.22. The lowest BCUT2D eigenvalue weighted by atomic mass is 10.1. The van der Waals surface area contributed by atoms with Crippen LogP contribution in [0.5, 0.6) is 0 Å². The van der Waals surface area contributed by atoms with E-state index in [1.54, 1.807) is 13.2 Å². The van der Waals surface area contributed by atoms with E-state index >= 15 is 0 Å². The van der Waals surface area contributed by atoms with Gasteiger partial charge in [0.1, 0.15) is 0 Å². The molecule has 1 aromatic carbocycles. The zero-order chi connectivity index (χ0) is 14.5. The van der Waals surface area contributed by atoms with Crippen LogP contribution in [0.15, 0.2) is 24.3 Å². The van der Waals surface area contributed by atoms with Gasteiger partial charge in [-0.05, 0) is 11.6 Å². The van der Waals surface area contributed by atoms with Crippen molar-refractivity contribution in [3.63, 3.8) is 0 Å². The number of hydrogen-bond donors (Lipinski definition) is 0. The topological polar surface area (TPSA) is 60.7 Å². The molecule has 0 aliphatic rings. The van der Waals surface area contributed by atoms with Crippen LogP contribution in [0.3, 0.4) is 0 Å². The molecule has 0 unspecified atom stereocenters. The maximum Gasteiger partial charge on any atom is 0.0995 e. The molecule has 0 fully saturated rings. The summed E-state index contributed by atoms with van der Waals surface area (Å²) in [6.45, 7) is 3.73. The third-order valence-electron chi connectivity index (χ3n) is 2.57. The maximum absolute atomic E-state index is 8.93. The van der Waals surface area contributed by atoms with Crippen molar-refractivity contribution in [2.75, 3.05) is 46.8 Å². The molecule has 5 heteroatoms. The van der Waals surface area contributed by atoms with Crippen LogP contribution in [-0.4, -0.2) is 46.8 Å². The molecule has 110 valence electrons. The minimum atomic E-state index is 0.428. The van der Waals surface area contributed by atoms with Crippen molar-refractivity contribution < 1.29 is 18.9 Å². The fraction of sp³-hybridized carbons (Fsp3) is 0.533. The first kappa shape index (κ1) is 16.6. The first-order valence-electron chi connectivity index (χ1n) is 6.58. The molecule has 0 bridgehead atoms. The smallest absolute Gasteiger partial charge is 0.0995 e. The van der Waals surface area contributed by atoms with Crippen molar-refractivity contribution in [1.29, 1.82) is 5.26 Å². The Bertz CT molecular complexity index is 403. The molecule has 0 saturated heterocycles. The zero-order valence-electron chi connectivity index (χ0n) is 11.8. The van der Waals surface area contributed by atoms with Crippen LogP contribution in [-0.2, 0) is 25.6 Å². The fourth-order valence-electron chi connectivity index (χ4n) is 1.52. The summed E-state index contributed by atoms with van der Waals surface area (Å²) >= 11 is 0. The second-order valence-electron chi connectivity index (χ2n) is 4.04. The van der Waals surface area contributed by atoms with Crippen molar-refractivity contribution in [2.45, 2.75) is 6.61 Å². The van der Waals surface area contributed by atoms with Crippen molar-refractivity contribution in [3.8, 4) is 6.07 Å². The Morgan fingerprint density at radius 3 is 2.15 bits per heavy atom. The van der Waals surface area contributed by atoms with Gasteiger partial charge in [0.2, 0.25) is 0 Å². The van der Waals surface area contributed by atoms with Crippen molar-refractivity contribution in [1.82, 2.24) is 0 Å². The van der Waals surface area contributed by atoms with Crippen LogP contribution in [0.25, 0.3) is 0 Å². The average molecular weight is 279 g/mol. The fourth-order valence-corrected chi connectivity index (χ4v) is 1.52. The maximum atomic E-state index is 8.93. The zero-order valence-corrected chi connectivity index (χ0v) is 11.8. The Morgan fingerprint density at radius 1 is 0.900 bits per heavy atom. The summed E-state index contributed by atoms with van der Waals surface area (Å²) in [4.78, 5) is 0. The number of nitrogens with zero attached hydrogens (tertiary/aromatic N) is 1. The van der Waals surface area contributed by atoms with Crippen LogP contribution in [0.1, 0.15) is 11.1 Å². The summed E-state index contributed by atoms with van der Waals surface area (Å²) in [5.74, 6) is 0. The van der Waals surface area contributed by atoms with Gasteiger partial charge < -0.3 is 18.9 Å². The molecular formula is C15H21NO4. The molecule has 0 aliphatic heterocycles. The molecule has 0 aliphatic carbocycles. The number of rotatable bonds is 11. The van der Waals surface area contributed by atoms with Crippen LogP contribution < -0.4 is 0 Å². The van der Waals surface area contributed by atoms with E-state index in [4.69, 9.17) is 24.2 Å². The Balaban J connectivity index is 1.98. The standard InChI is InChI=1S/C15H21NO4/c1-17-6-7-18-8-9-19-10-11-20-13-15-5-3-2-4-14(15)12-16/h2-5H,6-11,13H2,1H3. The second-order valence-corrected chi connectivity index (χ2v) is 4.04. The molecule has 1 rings (SSSR count). The molecule has 0 spiro atoms. The van der Waals surface area contributed by atoms with Gasteiger partial charge in [-0.3, -0.25) is 0 Å². The lowest BCUT2D eigenvalue weighted by Crippen LogP contribution is -2.11. The van der Waals surface area contributed by atoms with Gasteiger partial charge in [-0.25, -0.2) is 0 Å². The van der Waals surface area contributed by atoms with E-state index in [0.29, 0.717) is 51.8 Å². The van der Waals surface area contributed by atoms with Gasteiger partial charge in [0.25, 0.3) is 0 Å². The summed E-state index contributed by atoms with van der Waals surface area (Å²) in [7, 11) is 1.64. The van der Waals surface area contributed by atoms with E-state index in [1.165, 1.54) is 0 Å². The monoisotopic (exact) mass is 279 g/mol. The van der Waals surface area contributed by atoms with E-state index in [2.05, 4.69) is 6.07 Å². The van der Waals surface area contributed by atoms with Gasteiger partial charge in [-0.15, -0.1) is 0 Å². The van der Waals surface area contributed by atoms with Crippen molar-refractivity contribution in [2.24, 2.45) is 0 Å². The lowest BCUT2D eigenvalue weighted by molar-refractivity contribution is 0.000845. The van der Waals surface area contributed by atoms with E-state index in [1.807, 2.05) is 18.2 Å². The van der Waals surface area contributed by atoms with Gasteiger partial charge in [-0.2, -0.15) is 5.26 Å². The Kier molecular flexibility index (Phi) is 9.45. The molecule has 0 atom stereocenters. The van der Waals surface area contributed by atoms with Gasteiger partial charge in [0, 0.05) is 7.11 Å². The number of methoxy groups -OCH3 is 1. The minimum absolute atomic E-state index is 0.428. The molecule has 5 nitrogen and oxygen atoms in total. The summed E-state index contributed by atoms with van der Waals surface area (Å²) < 4.78 is 20.9. The first-order valence-corrected chi connectivity index (χ1v) is 6.58. The van der Waals surface area contributed by atoms with Gasteiger partial charge >= 0.3 is 0 Å². The predicted molar refractivity (Wildman–Crippen MR) is 74.3 cm³/mol. The molecular weight excluding hydrogens is 258 g/mol.